The van der Waals surface area contributed by atoms with Gasteiger partial charge in [0, 0.05) is 16.4 Å². The molecule has 7 heteroatoms. The number of carbonyl (C=O) groups excluding carboxylic acids is 2. The average Bonchev–Trinajstić information content (AvgIpc) is 3.43. The Morgan fingerprint density at radius 3 is 2.51 bits per heavy atom. The molecule has 1 unspecified atom stereocenters. The molecule has 1 aromatic heterocycles. The van der Waals surface area contributed by atoms with Gasteiger partial charge in [-0.2, -0.15) is 0 Å². The first-order chi connectivity index (χ1) is 17.9. The van der Waals surface area contributed by atoms with Gasteiger partial charge in [-0.25, -0.2) is 4.39 Å². The highest BCUT2D eigenvalue weighted by Gasteiger charge is 2.45. The molecule has 1 aliphatic heterocycles. The number of benzene rings is 4. The second kappa shape index (κ2) is 9.01. The van der Waals surface area contributed by atoms with Crippen molar-refractivity contribution in [2.45, 2.75) is 12.6 Å². The number of halogens is 2. The predicted octanol–water partition coefficient (Wildman–Crippen LogP) is 7.27. The Morgan fingerprint density at radius 1 is 0.946 bits per heavy atom. The van der Waals surface area contributed by atoms with Crippen LogP contribution in [0, 0.1) is 5.82 Å². The van der Waals surface area contributed by atoms with E-state index in [0.717, 1.165) is 15.2 Å². The van der Waals surface area contributed by atoms with Gasteiger partial charge in [-0.05, 0) is 58.3 Å². The topological polar surface area (TPSA) is 70.8 Å². The number of ketones is 1. The second-order valence-corrected chi connectivity index (χ2v) is 9.83. The summed E-state index contributed by atoms with van der Waals surface area (Å²) in [6.07, 6.45) is 0. The molecular weight excluding hydrogens is 537 g/mol. The number of amides is 1. The fraction of sp³-hybridized carbons (Fsp3) is 0.0667. The number of hydrogen-bond donors (Lipinski definition) is 1. The van der Waals surface area contributed by atoms with E-state index in [-0.39, 0.29) is 17.9 Å². The van der Waals surface area contributed by atoms with E-state index in [9.17, 15) is 19.1 Å². The Kier molecular flexibility index (Phi) is 5.65. The molecule has 5 aromatic rings. The first-order valence-electron chi connectivity index (χ1n) is 11.6. The molecule has 0 spiro atoms. The summed E-state index contributed by atoms with van der Waals surface area (Å²) in [7, 11) is 0. The van der Waals surface area contributed by atoms with Crippen molar-refractivity contribution in [1.29, 1.82) is 0 Å². The summed E-state index contributed by atoms with van der Waals surface area (Å²) < 4.78 is 20.2. The van der Waals surface area contributed by atoms with Gasteiger partial charge >= 0.3 is 0 Å². The lowest BCUT2D eigenvalue weighted by Gasteiger charge is -2.28. The molecule has 0 fully saturated rings. The molecule has 1 aliphatic rings. The van der Waals surface area contributed by atoms with Gasteiger partial charge < -0.3 is 14.4 Å². The minimum absolute atomic E-state index is 0.0244. The van der Waals surface area contributed by atoms with E-state index in [4.69, 9.17) is 4.42 Å². The van der Waals surface area contributed by atoms with Crippen molar-refractivity contribution in [3.63, 3.8) is 0 Å². The highest BCUT2D eigenvalue weighted by molar-refractivity contribution is 9.10. The fourth-order valence-electron chi connectivity index (χ4n) is 4.91. The van der Waals surface area contributed by atoms with Crippen molar-refractivity contribution < 1.29 is 23.5 Å². The fourth-order valence-corrected chi connectivity index (χ4v) is 5.29. The van der Waals surface area contributed by atoms with Gasteiger partial charge in [0.25, 0.3) is 5.91 Å². The van der Waals surface area contributed by atoms with E-state index in [0.29, 0.717) is 22.1 Å². The predicted molar refractivity (Wildman–Crippen MR) is 142 cm³/mol. The summed E-state index contributed by atoms with van der Waals surface area (Å²) in [5.74, 6) is -2.24. The molecule has 0 radical (unpaired) electrons. The van der Waals surface area contributed by atoms with E-state index >= 15 is 0 Å². The lowest BCUT2D eigenvalue weighted by atomic mass is 9.91. The third kappa shape index (κ3) is 4.01. The van der Waals surface area contributed by atoms with Crippen LogP contribution in [0.2, 0.25) is 0 Å². The van der Waals surface area contributed by atoms with Gasteiger partial charge in [-0.1, -0.05) is 70.5 Å². The van der Waals surface area contributed by atoms with Gasteiger partial charge in [0.1, 0.15) is 11.4 Å². The Morgan fingerprint density at radius 2 is 1.70 bits per heavy atom. The Bertz CT molecular complexity index is 1730. The zero-order valence-electron chi connectivity index (χ0n) is 19.3. The van der Waals surface area contributed by atoms with E-state index in [1.165, 1.54) is 17.0 Å². The molecule has 4 aromatic carbocycles. The minimum Gasteiger partial charge on any atom is -0.503 e. The van der Waals surface area contributed by atoms with Crippen LogP contribution in [0.3, 0.4) is 0 Å². The minimum atomic E-state index is -0.879. The zero-order chi connectivity index (χ0) is 25.7. The molecular formula is C30H19BrFNO4. The monoisotopic (exact) mass is 555 g/mol. The molecule has 1 amide bonds. The number of fused-ring (bicyclic) bond motifs is 2. The number of nitrogens with zero attached hydrogens (tertiary/aromatic N) is 1. The van der Waals surface area contributed by atoms with Crippen LogP contribution >= 0.6 is 15.9 Å². The van der Waals surface area contributed by atoms with Crippen LogP contribution in [0.25, 0.3) is 21.7 Å². The van der Waals surface area contributed by atoms with Crippen LogP contribution in [0.4, 0.5) is 4.39 Å². The summed E-state index contributed by atoms with van der Waals surface area (Å²) in [5.41, 5.74) is 1.82. The number of carbonyl (C=O) groups is 2. The summed E-state index contributed by atoms with van der Waals surface area (Å²) in [4.78, 5) is 28.7. The molecule has 2 heterocycles. The highest BCUT2D eigenvalue weighted by Crippen LogP contribution is 2.42. The summed E-state index contributed by atoms with van der Waals surface area (Å²) in [6, 6.07) is 25.2. The summed E-state index contributed by atoms with van der Waals surface area (Å²) >= 11 is 3.42. The quantitative estimate of drug-likeness (QED) is 0.231. The number of hydrogen-bond acceptors (Lipinski definition) is 4. The van der Waals surface area contributed by atoms with Gasteiger partial charge in [-0.3, -0.25) is 9.59 Å². The second-order valence-electron chi connectivity index (χ2n) is 8.91. The van der Waals surface area contributed by atoms with Crippen molar-refractivity contribution in [3.8, 4) is 0 Å². The number of rotatable bonds is 5. The number of aliphatic hydroxyl groups is 1. The van der Waals surface area contributed by atoms with E-state index < -0.39 is 29.3 Å². The maximum atomic E-state index is 13.9. The highest BCUT2D eigenvalue weighted by atomic mass is 79.9. The van der Waals surface area contributed by atoms with Crippen molar-refractivity contribution >= 4 is 49.4 Å². The standard InChI is InChI=1S/C30H19BrFNO4/c31-20-10-13-24-19(14-20)15-25(37-24)28(34)26-27(23-7-3-5-18-4-1-2-6-22(18)23)33(30(36)29(26)35)16-17-8-11-21(32)12-9-17/h1-15,27,35H,16H2. The summed E-state index contributed by atoms with van der Waals surface area (Å²) in [5, 5.41) is 13.6. The normalized spacial score (nSPS) is 15.8. The third-order valence-corrected chi connectivity index (χ3v) is 7.13. The summed E-state index contributed by atoms with van der Waals surface area (Å²) in [6.45, 7) is 0.0704. The maximum absolute atomic E-state index is 13.9. The molecule has 182 valence electrons. The molecule has 5 nitrogen and oxygen atoms in total. The first-order valence-corrected chi connectivity index (χ1v) is 12.4. The van der Waals surface area contributed by atoms with Gasteiger partial charge in [0.2, 0.25) is 5.78 Å². The van der Waals surface area contributed by atoms with Crippen LogP contribution in [-0.2, 0) is 11.3 Å². The number of Topliss-reactive ketones (excluding diaryl/α,β-unsaturated/α-hetero) is 1. The van der Waals surface area contributed by atoms with Crippen LogP contribution in [0.1, 0.15) is 27.7 Å². The molecule has 0 saturated carbocycles. The lowest BCUT2D eigenvalue weighted by Crippen LogP contribution is -2.30. The average molecular weight is 556 g/mol. The van der Waals surface area contributed by atoms with E-state index in [1.807, 2.05) is 48.5 Å². The van der Waals surface area contributed by atoms with Gasteiger partial charge in [0.15, 0.2) is 11.5 Å². The van der Waals surface area contributed by atoms with E-state index in [1.54, 1.807) is 30.3 Å². The molecule has 0 aliphatic carbocycles. The SMILES string of the molecule is O=C(C1=C(O)C(=O)N(Cc2ccc(F)cc2)C1c1cccc2ccccc12)c1cc2cc(Br)ccc2o1. The van der Waals surface area contributed by atoms with Crippen molar-refractivity contribution in [2.75, 3.05) is 0 Å². The molecule has 1 atom stereocenters. The molecule has 6 rings (SSSR count). The Balaban J connectivity index is 1.51. The third-order valence-electron chi connectivity index (χ3n) is 6.63. The Hall–Kier alpha value is -4.23. The van der Waals surface area contributed by atoms with Crippen molar-refractivity contribution in [2.24, 2.45) is 0 Å². The van der Waals surface area contributed by atoms with Crippen LogP contribution < -0.4 is 0 Å². The zero-order valence-corrected chi connectivity index (χ0v) is 20.9. The van der Waals surface area contributed by atoms with Gasteiger partial charge in [-0.15, -0.1) is 0 Å². The van der Waals surface area contributed by atoms with Crippen LogP contribution in [-0.4, -0.2) is 21.7 Å². The van der Waals surface area contributed by atoms with Crippen LogP contribution in [0.15, 0.2) is 111 Å². The smallest absolute Gasteiger partial charge is 0.290 e. The molecule has 1 N–H and O–H groups in total. The maximum Gasteiger partial charge on any atom is 0.290 e. The number of furan rings is 1. The molecule has 0 bridgehead atoms. The van der Waals surface area contributed by atoms with Crippen molar-refractivity contribution in [3.05, 3.63) is 130 Å². The van der Waals surface area contributed by atoms with E-state index in [2.05, 4.69) is 15.9 Å². The van der Waals surface area contributed by atoms with Crippen LogP contribution in [0.5, 0.6) is 0 Å². The lowest BCUT2D eigenvalue weighted by molar-refractivity contribution is -0.130. The molecule has 37 heavy (non-hydrogen) atoms. The largest absolute Gasteiger partial charge is 0.503 e. The van der Waals surface area contributed by atoms with Crippen molar-refractivity contribution in [1.82, 2.24) is 4.90 Å². The molecule has 0 saturated heterocycles. The first kappa shape index (κ1) is 23.2. The number of aliphatic hydroxyl groups excluding tert-OH is 1. The Labute approximate surface area is 219 Å². The van der Waals surface area contributed by atoms with Gasteiger partial charge in [0.05, 0.1) is 11.6 Å².